The maximum atomic E-state index is 11.4. The quantitative estimate of drug-likeness (QED) is 0.903. The van der Waals surface area contributed by atoms with Crippen molar-refractivity contribution in [1.29, 1.82) is 0 Å². The van der Waals surface area contributed by atoms with E-state index in [4.69, 9.17) is 5.73 Å². The molecule has 2 aromatic rings. The third-order valence-corrected chi connectivity index (χ3v) is 4.31. The summed E-state index contributed by atoms with van der Waals surface area (Å²) in [6, 6.07) is 8.69. The topological polar surface area (TPSA) is 87.9 Å². The van der Waals surface area contributed by atoms with Crippen LogP contribution in [0.1, 0.15) is 42.2 Å². The van der Waals surface area contributed by atoms with E-state index in [1.807, 2.05) is 12.1 Å². The number of hydrogen-bond acceptors (Lipinski definition) is 4. The lowest BCUT2D eigenvalue weighted by atomic mass is 10.0. The van der Waals surface area contributed by atoms with E-state index < -0.39 is 5.91 Å². The van der Waals surface area contributed by atoms with Crippen molar-refractivity contribution in [2.45, 2.75) is 38.8 Å². The van der Waals surface area contributed by atoms with Gasteiger partial charge in [-0.05, 0) is 37.9 Å². The first-order valence-electron chi connectivity index (χ1n) is 7.69. The van der Waals surface area contributed by atoms with Crippen molar-refractivity contribution in [3.8, 4) is 11.3 Å². The average molecular weight is 299 g/mol. The van der Waals surface area contributed by atoms with E-state index in [0.29, 0.717) is 11.7 Å². The van der Waals surface area contributed by atoms with Crippen LogP contribution in [-0.4, -0.2) is 38.8 Å². The molecule has 3 rings (SSSR count). The van der Waals surface area contributed by atoms with Crippen LogP contribution in [0.25, 0.3) is 11.3 Å². The summed E-state index contributed by atoms with van der Waals surface area (Å²) in [6.45, 7) is 4.34. The molecule has 0 spiro atoms. The van der Waals surface area contributed by atoms with Gasteiger partial charge in [0, 0.05) is 18.2 Å². The van der Waals surface area contributed by atoms with Crippen LogP contribution in [0.4, 0.5) is 0 Å². The summed E-state index contributed by atoms with van der Waals surface area (Å²) >= 11 is 0. The van der Waals surface area contributed by atoms with Crippen molar-refractivity contribution < 1.29 is 4.79 Å². The Morgan fingerprint density at radius 2 is 2.27 bits per heavy atom. The largest absolute Gasteiger partial charge is 0.364 e. The summed E-state index contributed by atoms with van der Waals surface area (Å²) in [7, 11) is 0. The number of aromatic nitrogens is 3. The Hall–Kier alpha value is -2.21. The fourth-order valence-electron chi connectivity index (χ4n) is 3.05. The number of amides is 1. The second-order valence-corrected chi connectivity index (χ2v) is 5.90. The van der Waals surface area contributed by atoms with E-state index >= 15 is 0 Å². The Bertz CT molecular complexity index is 666. The molecule has 0 aliphatic carbocycles. The third-order valence-electron chi connectivity index (χ3n) is 4.31. The van der Waals surface area contributed by atoms with E-state index in [1.165, 1.54) is 24.8 Å². The second kappa shape index (κ2) is 6.27. The molecule has 0 bridgehead atoms. The first-order chi connectivity index (χ1) is 10.6. The van der Waals surface area contributed by atoms with Crippen molar-refractivity contribution in [3.05, 3.63) is 35.5 Å². The number of H-pyrrole nitrogens is 1. The van der Waals surface area contributed by atoms with E-state index in [0.717, 1.165) is 18.7 Å². The summed E-state index contributed by atoms with van der Waals surface area (Å²) in [4.78, 5) is 13.9. The smallest absolute Gasteiger partial charge is 0.271 e. The van der Waals surface area contributed by atoms with Crippen LogP contribution in [0.15, 0.2) is 24.3 Å². The molecule has 1 saturated heterocycles. The highest BCUT2D eigenvalue weighted by Gasteiger charge is 2.19. The van der Waals surface area contributed by atoms with Gasteiger partial charge in [-0.25, -0.2) is 0 Å². The van der Waals surface area contributed by atoms with Crippen molar-refractivity contribution in [1.82, 2.24) is 20.3 Å². The number of carbonyl (C=O) groups excluding carboxylic acids is 1. The lowest BCUT2D eigenvalue weighted by molar-refractivity contribution is 0.0996. The summed E-state index contributed by atoms with van der Waals surface area (Å²) in [5, 5.41) is 10.4. The number of nitrogens with zero attached hydrogens (tertiary/aromatic N) is 3. The number of piperidine rings is 1. The molecular weight excluding hydrogens is 278 g/mol. The Kier molecular flexibility index (Phi) is 4.20. The molecule has 1 aromatic carbocycles. The van der Waals surface area contributed by atoms with Crippen molar-refractivity contribution in [2.24, 2.45) is 5.73 Å². The SMILES string of the molecule is CC1CCCCN1Cc1cccc(-c2n[nH]nc2C(N)=O)c1. The number of nitrogens with one attached hydrogen (secondary N) is 1. The van der Waals surface area contributed by atoms with Gasteiger partial charge in [0.15, 0.2) is 5.69 Å². The first kappa shape index (κ1) is 14.7. The number of primary amides is 1. The van der Waals surface area contributed by atoms with Gasteiger partial charge in [-0.3, -0.25) is 9.69 Å². The molecule has 116 valence electrons. The normalized spacial score (nSPS) is 19.2. The Labute approximate surface area is 129 Å². The molecule has 6 heteroatoms. The summed E-state index contributed by atoms with van der Waals surface area (Å²) in [5.74, 6) is -0.571. The van der Waals surface area contributed by atoms with Crippen LogP contribution in [-0.2, 0) is 6.54 Å². The van der Waals surface area contributed by atoms with Gasteiger partial charge in [0.25, 0.3) is 5.91 Å². The number of carbonyl (C=O) groups is 1. The zero-order valence-electron chi connectivity index (χ0n) is 12.7. The standard InChI is InChI=1S/C16H21N5O/c1-11-5-2-3-8-21(11)10-12-6-4-7-13(9-12)14-15(16(17)22)19-20-18-14/h4,6-7,9,11H,2-3,5,8,10H2,1H3,(H2,17,22)(H,18,19,20). The van der Waals surface area contributed by atoms with Crippen LogP contribution in [0, 0.1) is 0 Å². The molecule has 1 fully saturated rings. The molecule has 1 aliphatic heterocycles. The van der Waals surface area contributed by atoms with Crippen LogP contribution < -0.4 is 5.73 Å². The first-order valence-corrected chi connectivity index (χ1v) is 7.69. The number of benzene rings is 1. The highest BCUT2D eigenvalue weighted by Crippen LogP contribution is 2.23. The monoisotopic (exact) mass is 299 g/mol. The molecule has 6 nitrogen and oxygen atoms in total. The summed E-state index contributed by atoms with van der Waals surface area (Å²) in [6.07, 6.45) is 3.84. The molecular formula is C16H21N5O. The number of likely N-dealkylation sites (tertiary alicyclic amines) is 1. The fourth-order valence-corrected chi connectivity index (χ4v) is 3.05. The Morgan fingerprint density at radius 3 is 3.05 bits per heavy atom. The van der Waals surface area contributed by atoms with Gasteiger partial charge >= 0.3 is 0 Å². The van der Waals surface area contributed by atoms with Crippen molar-refractivity contribution in [2.75, 3.05) is 6.54 Å². The molecule has 2 heterocycles. The minimum absolute atomic E-state index is 0.184. The maximum Gasteiger partial charge on any atom is 0.271 e. The number of aromatic amines is 1. The lowest BCUT2D eigenvalue weighted by Gasteiger charge is -2.33. The number of rotatable bonds is 4. The van der Waals surface area contributed by atoms with E-state index in [9.17, 15) is 4.79 Å². The van der Waals surface area contributed by atoms with Gasteiger partial charge in [0.05, 0.1) is 0 Å². The lowest BCUT2D eigenvalue weighted by Crippen LogP contribution is -2.36. The molecule has 1 aromatic heterocycles. The van der Waals surface area contributed by atoms with Crippen LogP contribution in [0.2, 0.25) is 0 Å². The summed E-state index contributed by atoms with van der Waals surface area (Å²) in [5.41, 5.74) is 8.11. The highest BCUT2D eigenvalue weighted by atomic mass is 16.1. The summed E-state index contributed by atoms with van der Waals surface area (Å²) < 4.78 is 0. The molecule has 1 unspecified atom stereocenters. The zero-order valence-corrected chi connectivity index (χ0v) is 12.7. The Morgan fingerprint density at radius 1 is 1.41 bits per heavy atom. The van der Waals surface area contributed by atoms with Gasteiger partial charge in [-0.1, -0.05) is 24.6 Å². The number of nitrogens with two attached hydrogens (primary N) is 1. The molecule has 3 N–H and O–H groups in total. The van der Waals surface area contributed by atoms with Gasteiger partial charge < -0.3 is 5.73 Å². The van der Waals surface area contributed by atoms with Gasteiger partial charge in [0.1, 0.15) is 5.69 Å². The predicted octanol–water partition coefficient (Wildman–Crippen LogP) is 1.94. The van der Waals surface area contributed by atoms with Crippen LogP contribution >= 0.6 is 0 Å². The molecule has 1 atom stereocenters. The Balaban J connectivity index is 1.83. The minimum atomic E-state index is -0.571. The van der Waals surface area contributed by atoms with E-state index in [-0.39, 0.29) is 5.69 Å². The fraction of sp³-hybridized carbons (Fsp3) is 0.438. The molecule has 1 amide bonds. The molecule has 0 saturated carbocycles. The minimum Gasteiger partial charge on any atom is -0.364 e. The van der Waals surface area contributed by atoms with Crippen LogP contribution in [0.5, 0.6) is 0 Å². The molecule has 22 heavy (non-hydrogen) atoms. The van der Waals surface area contributed by atoms with Gasteiger partial charge in [-0.2, -0.15) is 15.4 Å². The van der Waals surface area contributed by atoms with Crippen molar-refractivity contribution >= 4 is 5.91 Å². The maximum absolute atomic E-state index is 11.4. The predicted molar refractivity (Wildman–Crippen MR) is 84.1 cm³/mol. The van der Waals surface area contributed by atoms with Gasteiger partial charge in [-0.15, -0.1) is 0 Å². The molecule has 0 radical (unpaired) electrons. The third kappa shape index (κ3) is 3.01. The molecule has 1 aliphatic rings. The number of hydrogen-bond donors (Lipinski definition) is 2. The highest BCUT2D eigenvalue weighted by molar-refractivity contribution is 5.96. The zero-order chi connectivity index (χ0) is 15.5. The van der Waals surface area contributed by atoms with E-state index in [1.54, 1.807) is 0 Å². The second-order valence-electron chi connectivity index (χ2n) is 5.90. The van der Waals surface area contributed by atoms with Gasteiger partial charge in [0.2, 0.25) is 0 Å². The average Bonchev–Trinajstić information content (AvgIpc) is 3.00. The van der Waals surface area contributed by atoms with Crippen LogP contribution in [0.3, 0.4) is 0 Å². The van der Waals surface area contributed by atoms with E-state index in [2.05, 4.69) is 39.4 Å². The van der Waals surface area contributed by atoms with Crippen molar-refractivity contribution in [3.63, 3.8) is 0 Å².